The van der Waals surface area contributed by atoms with Gasteiger partial charge in [-0.3, -0.25) is 13.9 Å². The van der Waals surface area contributed by atoms with Crippen LogP contribution in [0.1, 0.15) is 18.1 Å². The van der Waals surface area contributed by atoms with Gasteiger partial charge in [0.2, 0.25) is 21.8 Å². The van der Waals surface area contributed by atoms with Crippen molar-refractivity contribution in [2.75, 3.05) is 24.2 Å². The van der Waals surface area contributed by atoms with E-state index in [1.54, 1.807) is 6.92 Å². The molecule has 9 heteroatoms. The molecule has 0 spiro atoms. The molecule has 0 unspecified atom stereocenters. The van der Waals surface area contributed by atoms with Gasteiger partial charge in [-0.25, -0.2) is 12.8 Å². The topological polar surface area (TPSA) is 86.8 Å². The number of aryl methyl sites for hydroxylation is 1. The van der Waals surface area contributed by atoms with Crippen LogP contribution in [0.25, 0.3) is 0 Å². The van der Waals surface area contributed by atoms with Crippen LogP contribution in [-0.4, -0.2) is 51.0 Å². The highest BCUT2D eigenvalue weighted by molar-refractivity contribution is 7.92. The normalized spacial score (nSPS) is 12.2. The number of anilines is 1. The van der Waals surface area contributed by atoms with Gasteiger partial charge in [0.1, 0.15) is 18.4 Å². The molecule has 0 aromatic heterocycles. The molecule has 0 aliphatic carbocycles. The zero-order valence-corrected chi connectivity index (χ0v) is 18.2. The van der Waals surface area contributed by atoms with E-state index in [1.807, 2.05) is 31.2 Å². The predicted octanol–water partition coefficient (Wildman–Crippen LogP) is 2.06. The Morgan fingerprint density at radius 3 is 2.30 bits per heavy atom. The Balaban J connectivity index is 2.36. The molecule has 7 nitrogen and oxygen atoms in total. The summed E-state index contributed by atoms with van der Waals surface area (Å²) in [4.78, 5) is 26.7. The molecule has 0 saturated carbocycles. The number of rotatable bonds is 8. The molecule has 0 saturated heterocycles. The molecule has 1 N–H and O–H groups in total. The van der Waals surface area contributed by atoms with Crippen molar-refractivity contribution >= 4 is 27.5 Å². The van der Waals surface area contributed by atoms with Gasteiger partial charge < -0.3 is 10.2 Å². The molecule has 2 aromatic rings. The van der Waals surface area contributed by atoms with Crippen molar-refractivity contribution in [1.82, 2.24) is 10.2 Å². The highest BCUT2D eigenvalue weighted by Crippen LogP contribution is 2.20. The molecule has 162 valence electrons. The van der Waals surface area contributed by atoms with E-state index in [-0.39, 0.29) is 18.1 Å². The van der Waals surface area contributed by atoms with Crippen molar-refractivity contribution in [3.63, 3.8) is 0 Å². The number of carbonyl (C=O) groups excluding carboxylic acids is 2. The summed E-state index contributed by atoms with van der Waals surface area (Å²) in [6, 6.07) is 11.6. The van der Waals surface area contributed by atoms with Gasteiger partial charge in [-0.1, -0.05) is 35.9 Å². The smallest absolute Gasteiger partial charge is 0.244 e. The second-order valence-electron chi connectivity index (χ2n) is 7.05. The van der Waals surface area contributed by atoms with Crippen LogP contribution in [0.2, 0.25) is 0 Å². The molecule has 2 amide bonds. The number of amides is 2. The number of nitrogens with zero attached hydrogens (tertiary/aromatic N) is 2. The summed E-state index contributed by atoms with van der Waals surface area (Å²) in [7, 11) is -2.41. The largest absolute Gasteiger partial charge is 0.357 e. The maximum Gasteiger partial charge on any atom is 0.244 e. The lowest BCUT2D eigenvalue weighted by Crippen LogP contribution is -2.50. The maximum atomic E-state index is 13.6. The number of hydrogen-bond donors (Lipinski definition) is 1. The van der Waals surface area contributed by atoms with Gasteiger partial charge in [0.15, 0.2) is 0 Å². The lowest BCUT2D eigenvalue weighted by Gasteiger charge is -2.31. The average molecular weight is 436 g/mol. The number of nitrogens with one attached hydrogen (secondary N) is 1. The quantitative estimate of drug-likeness (QED) is 0.688. The van der Waals surface area contributed by atoms with Crippen molar-refractivity contribution < 1.29 is 22.4 Å². The summed E-state index contributed by atoms with van der Waals surface area (Å²) in [5.74, 6) is -1.59. The van der Waals surface area contributed by atoms with Crippen LogP contribution in [0.3, 0.4) is 0 Å². The number of sulfonamides is 1. The van der Waals surface area contributed by atoms with Gasteiger partial charge >= 0.3 is 0 Å². The Morgan fingerprint density at radius 2 is 1.77 bits per heavy atom. The number of likely N-dealkylation sites (N-methyl/N-ethyl adjacent to an activating group) is 1. The van der Waals surface area contributed by atoms with Crippen molar-refractivity contribution in [1.29, 1.82) is 0 Å². The van der Waals surface area contributed by atoms with Crippen molar-refractivity contribution in [2.45, 2.75) is 26.4 Å². The molecule has 2 aromatic carbocycles. The average Bonchev–Trinajstić information content (AvgIpc) is 2.69. The Morgan fingerprint density at radius 1 is 1.13 bits per heavy atom. The molecule has 0 bridgehead atoms. The van der Waals surface area contributed by atoms with Gasteiger partial charge in [-0.15, -0.1) is 0 Å². The fourth-order valence-electron chi connectivity index (χ4n) is 2.93. The van der Waals surface area contributed by atoms with Crippen molar-refractivity contribution in [2.24, 2.45) is 0 Å². The molecule has 2 rings (SSSR count). The second kappa shape index (κ2) is 9.71. The second-order valence-corrected chi connectivity index (χ2v) is 8.95. The first kappa shape index (κ1) is 23.3. The van der Waals surface area contributed by atoms with Crippen LogP contribution >= 0.6 is 0 Å². The van der Waals surface area contributed by atoms with Gasteiger partial charge in [0.25, 0.3) is 0 Å². The van der Waals surface area contributed by atoms with E-state index in [1.165, 1.54) is 30.1 Å². The van der Waals surface area contributed by atoms with E-state index in [0.717, 1.165) is 27.8 Å². The van der Waals surface area contributed by atoms with E-state index in [9.17, 15) is 22.4 Å². The summed E-state index contributed by atoms with van der Waals surface area (Å²) in [6.07, 6.45) is 0.942. The highest BCUT2D eigenvalue weighted by Gasteiger charge is 2.29. The van der Waals surface area contributed by atoms with Gasteiger partial charge in [-0.05, 0) is 37.6 Å². The predicted molar refractivity (Wildman–Crippen MR) is 114 cm³/mol. The molecular weight excluding hydrogens is 409 g/mol. The maximum absolute atomic E-state index is 13.6. The first-order valence-corrected chi connectivity index (χ1v) is 11.2. The fraction of sp³-hybridized carbons (Fsp3) is 0.333. The summed E-state index contributed by atoms with van der Waals surface area (Å²) < 4.78 is 39.1. The van der Waals surface area contributed by atoms with E-state index in [2.05, 4.69) is 5.32 Å². The van der Waals surface area contributed by atoms with Crippen LogP contribution in [0.15, 0.2) is 48.5 Å². The minimum atomic E-state index is -3.87. The molecule has 0 heterocycles. The third-order valence-electron chi connectivity index (χ3n) is 4.66. The molecule has 1 atom stereocenters. The third-order valence-corrected chi connectivity index (χ3v) is 5.80. The summed E-state index contributed by atoms with van der Waals surface area (Å²) in [6.45, 7) is 3.06. The first-order chi connectivity index (χ1) is 14.0. The van der Waals surface area contributed by atoms with E-state index >= 15 is 0 Å². The van der Waals surface area contributed by atoms with Gasteiger partial charge in [0.05, 0.1) is 11.9 Å². The molecule has 0 aliphatic rings. The van der Waals surface area contributed by atoms with E-state index in [4.69, 9.17) is 0 Å². The van der Waals surface area contributed by atoms with E-state index in [0.29, 0.717) is 0 Å². The molecule has 0 aliphatic heterocycles. The number of hydrogen-bond acceptors (Lipinski definition) is 4. The minimum Gasteiger partial charge on any atom is -0.357 e. The minimum absolute atomic E-state index is 0.0359. The Hall–Kier alpha value is -2.94. The molecule has 0 fully saturated rings. The van der Waals surface area contributed by atoms with Crippen LogP contribution in [0.4, 0.5) is 10.1 Å². The van der Waals surface area contributed by atoms with Gasteiger partial charge in [-0.2, -0.15) is 0 Å². The van der Waals surface area contributed by atoms with Gasteiger partial charge in [0, 0.05) is 13.6 Å². The number of carbonyl (C=O) groups is 2. The van der Waals surface area contributed by atoms with Crippen molar-refractivity contribution in [3.05, 3.63) is 65.5 Å². The third kappa shape index (κ3) is 6.03. The van der Waals surface area contributed by atoms with Crippen LogP contribution in [0, 0.1) is 12.7 Å². The summed E-state index contributed by atoms with van der Waals surface area (Å²) in [5, 5.41) is 2.50. The van der Waals surface area contributed by atoms with Crippen molar-refractivity contribution in [3.8, 4) is 0 Å². The lowest BCUT2D eigenvalue weighted by atomic mass is 10.1. The monoisotopic (exact) mass is 435 g/mol. The molecule has 30 heavy (non-hydrogen) atoms. The fourth-order valence-corrected chi connectivity index (χ4v) is 3.77. The number of benzene rings is 2. The molecular formula is C21H26FN3O4S. The number of halogens is 1. The Kier molecular flexibility index (Phi) is 7.55. The van der Waals surface area contributed by atoms with Crippen LogP contribution in [-0.2, 0) is 26.2 Å². The SMILES string of the molecule is CNC(=O)[C@@H](C)N(Cc1ccc(C)cc1)C(=O)CN(c1cccc(F)c1)S(C)(=O)=O. The summed E-state index contributed by atoms with van der Waals surface area (Å²) >= 11 is 0. The summed E-state index contributed by atoms with van der Waals surface area (Å²) in [5.41, 5.74) is 1.88. The first-order valence-electron chi connectivity index (χ1n) is 9.33. The van der Waals surface area contributed by atoms with Crippen LogP contribution < -0.4 is 9.62 Å². The lowest BCUT2D eigenvalue weighted by molar-refractivity contribution is -0.139. The highest BCUT2D eigenvalue weighted by atomic mass is 32.2. The Labute approximate surface area is 176 Å². The Bertz CT molecular complexity index is 1010. The zero-order valence-electron chi connectivity index (χ0n) is 17.4. The van der Waals surface area contributed by atoms with Crippen LogP contribution in [0.5, 0.6) is 0 Å². The standard InChI is InChI=1S/C21H26FN3O4S/c1-15-8-10-17(11-9-15)13-24(16(2)21(27)23-3)20(26)14-25(30(4,28)29)19-7-5-6-18(22)12-19/h5-12,16H,13-14H2,1-4H3,(H,23,27)/t16-/m1/s1. The van der Waals surface area contributed by atoms with E-state index < -0.39 is 34.3 Å². The zero-order chi connectivity index (χ0) is 22.5. The molecule has 0 radical (unpaired) electrons.